The highest BCUT2D eigenvalue weighted by atomic mass is 16.5. The van der Waals surface area contributed by atoms with E-state index in [-0.39, 0.29) is 23.8 Å². The molecule has 2 fully saturated rings. The lowest BCUT2D eigenvalue weighted by molar-refractivity contribution is -0.145. The van der Waals surface area contributed by atoms with Crippen molar-refractivity contribution in [2.24, 2.45) is 16.8 Å². The van der Waals surface area contributed by atoms with Crippen molar-refractivity contribution in [3.63, 3.8) is 0 Å². The van der Waals surface area contributed by atoms with Crippen molar-refractivity contribution in [3.8, 4) is 5.75 Å². The van der Waals surface area contributed by atoms with E-state index in [0.29, 0.717) is 6.54 Å². The number of methoxy groups -OCH3 is 2. The third-order valence-corrected chi connectivity index (χ3v) is 6.41. The van der Waals surface area contributed by atoms with Crippen LogP contribution in [0.4, 0.5) is 0 Å². The van der Waals surface area contributed by atoms with Gasteiger partial charge in [0.25, 0.3) is 0 Å². The number of likely N-dealkylation sites (tertiary alicyclic amines) is 2. The third-order valence-electron chi connectivity index (χ3n) is 6.41. The number of esters is 1. The molecule has 0 saturated carbocycles. The zero-order chi connectivity index (χ0) is 21.5. The monoisotopic (exact) mass is 416 g/mol. The number of hydrogen-bond donors (Lipinski definition) is 1. The Morgan fingerprint density at radius 1 is 1.17 bits per heavy atom. The summed E-state index contributed by atoms with van der Waals surface area (Å²) >= 11 is 0. The van der Waals surface area contributed by atoms with Gasteiger partial charge in [-0.2, -0.15) is 0 Å². The number of nitrogens with zero attached hydrogens (tertiary/aromatic N) is 3. The summed E-state index contributed by atoms with van der Waals surface area (Å²) in [6, 6.07) is 8.65. The second-order valence-corrected chi connectivity index (χ2v) is 8.33. The summed E-state index contributed by atoms with van der Waals surface area (Å²) in [5.41, 5.74) is 1.28. The van der Waals surface area contributed by atoms with Crippen LogP contribution in [-0.4, -0.2) is 75.7 Å². The van der Waals surface area contributed by atoms with Crippen molar-refractivity contribution >= 4 is 11.9 Å². The molecule has 1 aromatic rings. The topological polar surface area (TPSA) is 66.4 Å². The molecule has 3 unspecified atom stereocenters. The lowest BCUT2D eigenvalue weighted by atomic mass is 9.99. The molecule has 2 heterocycles. The van der Waals surface area contributed by atoms with Crippen molar-refractivity contribution in [1.29, 1.82) is 0 Å². The van der Waals surface area contributed by atoms with E-state index in [4.69, 9.17) is 9.47 Å². The van der Waals surface area contributed by atoms with E-state index < -0.39 is 0 Å². The molecule has 0 spiro atoms. The van der Waals surface area contributed by atoms with Crippen molar-refractivity contribution in [3.05, 3.63) is 29.8 Å². The van der Waals surface area contributed by atoms with Crippen LogP contribution >= 0.6 is 0 Å². The molecule has 0 aromatic heterocycles. The van der Waals surface area contributed by atoms with Gasteiger partial charge in [-0.05, 0) is 49.5 Å². The van der Waals surface area contributed by atoms with E-state index in [0.717, 1.165) is 37.9 Å². The molecule has 1 aromatic carbocycles. The number of benzene rings is 1. The first-order valence-electron chi connectivity index (χ1n) is 11.0. The highest BCUT2D eigenvalue weighted by Gasteiger charge is 2.37. The van der Waals surface area contributed by atoms with Crippen molar-refractivity contribution in [2.45, 2.75) is 32.2 Å². The largest absolute Gasteiger partial charge is 0.497 e. The molecule has 7 nitrogen and oxygen atoms in total. The van der Waals surface area contributed by atoms with Crippen LogP contribution < -0.4 is 10.1 Å². The highest BCUT2D eigenvalue weighted by molar-refractivity contribution is 5.82. The van der Waals surface area contributed by atoms with Gasteiger partial charge in [-0.1, -0.05) is 25.5 Å². The van der Waals surface area contributed by atoms with Gasteiger partial charge in [-0.3, -0.25) is 14.7 Å². The molecule has 166 valence electrons. The molecule has 0 amide bonds. The summed E-state index contributed by atoms with van der Waals surface area (Å²) < 4.78 is 10.3. The van der Waals surface area contributed by atoms with E-state index in [1.807, 2.05) is 19.2 Å². The lowest BCUT2D eigenvalue weighted by Crippen LogP contribution is -2.45. The Bertz CT molecular complexity index is 716. The van der Waals surface area contributed by atoms with E-state index in [2.05, 4.69) is 39.2 Å². The number of ether oxygens (including phenoxy) is 2. The fourth-order valence-corrected chi connectivity index (χ4v) is 4.63. The summed E-state index contributed by atoms with van der Waals surface area (Å²) in [6.07, 6.45) is 3.79. The number of carbonyl (C=O) groups excluding carboxylic acids is 1. The molecule has 3 rings (SSSR count). The Morgan fingerprint density at radius 3 is 2.47 bits per heavy atom. The zero-order valence-electron chi connectivity index (χ0n) is 18.8. The number of nitrogens with one attached hydrogen (secondary N) is 1. The number of carbonyl (C=O) groups is 1. The zero-order valence-corrected chi connectivity index (χ0v) is 18.8. The number of rotatable bonds is 6. The number of piperidine rings is 1. The summed E-state index contributed by atoms with van der Waals surface area (Å²) in [5, 5.41) is 3.58. The van der Waals surface area contributed by atoms with Crippen LogP contribution in [0.15, 0.2) is 29.3 Å². The fraction of sp³-hybridized carbons (Fsp3) is 0.652. The average molecular weight is 417 g/mol. The predicted octanol–water partition coefficient (Wildman–Crippen LogP) is 2.54. The summed E-state index contributed by atoms with van der Waals surface area (Å²) in [7, 11) is 4.96. The Labute approximate surface area is 180 Å². The molecule has 1 N–H and O–H groups in total. The second-order valence-electron chi connectivity index (χ2n) is 8.33. The van der Waals surface area contributed by atoms with Gasteiger partial charge in [-0.25, -0.2) is 0 Å². The number of hydrogen-bond acceptors (Lipinski definition) is 5. The van der Waals surface area contributed by atoms with E-state index in [1.165, 1.54) is 31.9 Å². The first-order chi connectivity index (χ1) is 14.6. The number of guanidine groups is 1. The van der Waals surface area contributed by atoms with Gasteiger partial charge in [0, 0.05) is 26.7 Å². The average Bonchev–Trinajstić information content (AvgIpc) is 3.18. The molecule has 30 heavy (non-hydrogen) atoms. The molecule has 2 saturated heterocycles. The first-order valence-corrected chi connectivity index (χ1v) is 11.0. The molecule has 2 aliphatic heterocycles. The molecule has 2 aliphatic rings. The van der Waals surface area contributed by atoms with Crippen LogP contribution in [-0.2, 0) is 9.53 Å². The lowest BCUT2D eigenvalue weighted by Gasteiger charge is -2.36. The van der Waals surface area contributed by atoms with Crippen LogP contribution in [0.1, 0.15) is 37.8 Å². The third kappa shape index (κ3) is 5.25. The molecular formula is C23H36N4O3. The van der Waals surface area contributed by atoms with Crippen molar-refractivity contribution < 1.29 is 14.3 Å². The maximum absolute atomic E-state index is 12.1. The van der Waals surface area contributed by atoms with Crippen LogP contribution in [0.5, 0.6) is 5.75 Å². The van der Waals surface area contributed by atoms with Crippen LogP contribution in [0, 0.1) is 11.8 Å². The fourth-order valence-electron chi connectivity index (χ4n) is 4.63. The maximum Gasteiger partial charge on any atom is 0.310 e. The molecule has 0 radical (unpaired) electrons. The van der Waals surface area contributed by atoms with Crippen LogP contribution in [0.25, 0.3) is 0 Å². The van der Waals surface area contributed by atoms with E-state index in [9.17, 15) is 4.79 Å². The Hall–Kier alpha value is -2.28. The molecule has 0 aliphatic carbocycles. The SMILES string of the molecule is CN=C(NCC(c1ccc(OC)cc1)N1CCCCC1)N1CC(C)C(C(=O)OC)C1. The Morgan fingerprint density at radius 2 is 1.87 bits per heavy atom. The van der Waals surface area contributed by atoms with Gasteiger partial charge < -0.3 is 19.7 Å². The van der Waals surface area contributed by atoms with E-state index >= 15 is 0 Å². The summed E-state index contributed by atoms with van der Waals surface area (Å²) in [6.45, 7) is 6.54. The van der Waals surface area contributed by atoms with Gasteiger partial charge in [0.15, 0.2) is 5.96 Å². The quantitative estimate of drug-likeness (QED) is 0.437. The molecule has 7 heteroatoms. The minimum atomic E-state index is -0.134. The van der Waals surface area contributed by atoms with Crippen molar-refractivity contribution in [1.82, 2.24) is 15.1 Å². The van der Waals surface area contributed by atoms with Gasteiger partial charge in [0.2, 0.25) is 0 Å². The minimum Gasteiger partial charge on any atom is -0.497 e. The van der Waals surface area contributed by atoms with Gasteiger partial charge in [-0.15, -0.1) is 0 Å². The predicted molar refractivity (Wildman–Crippen MR) is 119 cm³/mol. The maximum atomic E-state index is 12.1. The highest BCUT2D eigenvalue weighted by Crippen LogP contribution is 2.27. The van der Waals surface area contributed by atoms with E-state index in [1.54, 1.807) is 7.11 Å². The van der Waals surface area contributed by atoms with Gasteiger partial charge in [0.05, 0.1) is 26.2 Å². The van der Waals surface area contributed by atoms with Crippen LogP contribution in [0.3, 0.4) is 0 Å². The summed E-state index contributed by atoms with van der Waals surface area (Å²) in [4.78, 5) is 21.3. The Balaban J connectivity index is 1.69. The van der Waals surface area contributed by atoms with Crippen molar-refractivity contribution in [2.75, 3.05) is 54.0 Å². The number of aliphatic imine (C=N–C) groups is 1. The molecular weight excluding hydrogens is 380 g/mol. The second kappa shape index (κ2) is 10.7. The smallest absolute Gasteiger partial charge is 0.310 e. The van der Waals surface area contributed by atoms with Gasteiger partial charge >= 0.3 is 5.97 Å². The molecule has 0 bridgehead atoms. The first kappa shape index (κ1) is 22.4. The Kier molecular flexibility index (Phi) is 7.96. The minimum absolute atomic E-state index is 0.104. The van der Waals surface area contributed by atoms with Gasteiger partial charge in [0.1, 0.15) is 5.75 Å². The summed E-state index contributed by atoms with van der Waals surface area (Å²) in [5.74, 6) is 1.73. The molecule has 3 atom stereocenters. The standard InChI is InChI=1S/C23H36N4O3/c1-17-15-27(16-20(17)22(28)30-4)23(24-2)25-14-21(26-12-6-5-7-13-26)18-8-10-19(29-3)11-9-18/h8-11,17,20-21H,5-7,12-16H2,1-4H3,(H,24,25). The van der Waals surface area contributed by atoms with Crippen LogP contribution in [0.2, 0.25) is 0 Å². The normalized spacial score (nSPS) is 23.9.